The van der Waals surface area contributed by atoms with E-state index >= 15 is 0 Å². The van der Waals surface area contributed by atoms with Crippen LogP contribution in [0.1, 0.15) is 21.6 Å². The molecule has 26 heavy (non-hydrogen) atoms. The Bertz CT molecular complexity index is 882. The summed E-state index contributed by atoms with van der Waals surface area (Å²) < 4.78 is 14.0. The molecule has 0 atom stereocenters. The Labute approximate surface area is 164 Å². The van der Waals surface area contributed by atoms with Crippen molar-refractivity contribution < 1.29 is 9.18 Å². The Kier molecular flexibility index (Phi) is 6.29. The number of amides is 1. The van der Waals surface area contributed by atoms with Crippen molar-refractivity contribution in [2.45, 2.75) is 17.2 Å². The lowest BCUT2D eigenvalue weighted by molar-refractivity contribution is 0.0780. The zero-order valence-electron chi connectivity index (χ0n) is 14.0. The first-order valence-corrected chi connectivity index (χ1v) is 10.1. The summed E-state index contributed by atoms with van der Waals surface area (Å²) in [4.78, 5) is 19.5. The maximum absolute atomic E-state index is 14.0. The molecule has 3 aromatic rings. The first kappa shape index (κ1) is 18.9. The predicted octanol–water partition coefficient (Wildman–Crippen LogP) is 5.50. The van der Waals surface area contributed by atoms with E-state index in [1.807, 2.05) is 23.6 Å². The van der Waals surface area contributed by atoms with Gasteiger partial charge in [-0.15, -0.1) is 23.1 Å². The fourth-order valence-electron chi connectivity index (χ4n) is 2.43. The monoisotopic (exact) mass is 406 g/mol. The van der Waals surface area contributed by atoms with Crippen molar-refractivity contribution >= 4 is 40.6 Å². The maximum Gasteiger partial charge on any atom is 0.255 e. The van der Waals surface area contributed by atoms with Gasteiger partial charge in [-0.3, -0.25) is 4.79 Å². The minimum absolute atomic E-state index is 0.107. The SMILES string of the molecule is CN(Cc1c(F)cccc1Cl)C(=O)c1ccccc1SCc1cscn1. The van der Waals surface area contributed by atoms with E-state index in [0.717, 1.165) is 10.6 Å². The van der Waals surface area contributed by atoms with E-state index in [-0.39, 0.29) is 12.5 Å². The molecular formula is C19H16ClFN2OS2. The zero-order chi connectivity index (χ0) is 18.5. The standard InChI is InChI=1S/C19H16ClFN2OS2/c1-23(9-15-16(20)6-4-7-17(15)21)19(24)14-5-2-3-8-18(14)26-11-13-10-25-12-22-13/h2-8,10,12H,9,11H2,1H3. The summed E-state index contributed by atoms with van der Waals surface area (Å²) >= 11 is 9.18. The molecule has 2 aromatic carbocycles. The minimum atomic E-state index is -0.414. The van der Waals surface area contributed by atoms with E-state index in [2.05, 4.69) is 4.98 Å². The number of thiazole rings is 1. The van der Waals surface area contributed by atoms with Gasteiger partial charge in [-0.2, -0.15) is 0 Å². The van der Waals surface area contributed by atoms with E-state index in [1.54, 1.807) is 53.9 Å². The van der Waals surface area contributed by atoms with Crippen LogP contribution in [0.15, 0.2) is 58.3 Å². The molecule has 0 fully saturated rings. The second-order valence-electron chi connectivity index (χ2n) is 5.63. The van der Waals surface area contributed by atoms with Crippen LogP contribution < -0.4 is 0 Å². The molecular weight excluding hydrogens is 391 g/mol. The molecule has 134 valence electrons. The lowest BCUT2D eigenvalue weighted by atomic mass is 10.1. The lowest BCUT2D eigenvalue weighted by Crippen LogP contribution is -2.27. The van der Waals surface area contributed by atoms with Crippen LogP contribution in [0.5, 0.6) is 0 Å². The van der Waals surface area contributed by atoms with Crippen LogP contribution in [0.3, 0.4) is 0 Å². The van der Waals surface area contributed by atoms with Crippen molar-refractivity contribution in [2.24, 2.45) is 0 Å². The summed E-state index contributed by atoms with van der Waals surface area (Å²) in [5, 5.41) is 2.31. The van der Waals surface area contributed by atoms with Gasteiger partial charge in [-0.25, -0.2) is 9.37 Å². The van der Waals surface area contributed by atoms with Gasteiger partial charge in [0.1, 0.15) is 5.82 Å². The molecule has 1 heterocycles. The number of thioether (sulfide) groups is 1. The molecule has 0 saturated heterocycles. The highest BCUT2D eigenvalue weighted by atomic mass is 35.5. The van der Waals surface area contributed by atoms with E-state index in [0.29, 0.717) is 21.9 Å². The number of hydrogen-bond donors (Lipinski definition) is 0. The van der Waals surface area contributed by atoms with Crippen molar-refractivity contribution in [1.82, 2.24) is 9.88 Å². The topological polar surface area (TPSA) is 33.2 Å². The van der Waals surface area contributed by atoms with Crippen molar-refractivity contribution in [3.8, 4) is 0 Å². The molecule has 0 radical (unpaired) electrons. The van der Waals surface area contributed by atoms with Gasteiger partial charge in [0.2, 0.25) is 0 Å². The molecule has 0 aliphatic carbocycles. The minimum Gasteiger partial charge on any atom is -0.337 e. The van der Waals surface area contributed by atoms with Gasteiger partial charge in [0.05, 0.1) is 16.8 Å². The highest BCUT2D eigenvalue weighted by Gasteiger charge is 2.18. The van der Waals surface area contributed by atoms with Gasteiger partial charge in [-0.05, 0) is 24.3 Å². The molecule has 7 heteroatoms. The summed E-state index contributed by atoms with van der Waals surface area (Å²) in [6.07, 6.45) is 0. The molecule has 0 spiro atoms. The quantitative estimate of drug-likeness (QED) is 0.507. The summed E-state index contributed by atoms with van der Waals surface area (Å²) in [7, 11) is 1.65. The molecule has 3 rings (SSSR count). The third kappa shape index (κ3) is 4.44. The Hall–Kier alpha value is -1.89. The Balaban J connectivity index is 1.76. The number of benzene rings is 2. The van der Waals surface area contributed by atoms with E-state index in [9.17, 15) is 9.18 Å². The average molecular weight is 407 g/mol. The summed E-state index contributed by atoms with van der Waals surface area (Å²) in [6, 6.07) is 11.9. The molecule has 0 N–H and O–H groups in total. The van der Waals surface area contributed by atoms with Gasteiger partial charge < -0.3 is 4.90 Å². The fraction of sp³-hybridized carbons (Fsp3) is 0.158. The Morgan fingerprint density at radius 3 is 2.81 bits per heavy atom. The maximum atomic E-state index is 14.0. The molecule has 0 aliphatic heterocycles. The first-order valence-electron chi connectivity index (χ1n) is 7.83. The summed E-state index contributed by atoms with van der Waals surface area (Å²) in [5.74, 6) is 0.102. The highest BCUT2D eigenvalue weighted by molar-refractivity contribution is 7.98. The van der Waals surface area contributed by atoms with Crippen molar-refractivity contribution in [1.29, 1.82) is 0 Å². The molecule has 0 aliphatic rings. The van der Waals surface area contributed by atoms with E-state index in [1.165, 1.54) is 11.0 Å². The van der Waals surface area contributed by atoms with Gasteiger partial charge in [0.25, 0.3) is 5.91 Å². The third-order valence-electron chi connectivity index (χ3n) is 3.78. The number of aromatic nitrogens is 1. The van der Waals surface area contributed by atoms with Gasteiger partial charge >= 0.3 is 0 Å². The van der Waals surface area contributed by atoms with Crippen LogP contribution in [0.25, 0.3) is 0 Å². The molecule has 1 aromatic heterocycles. The fourth-order valence-corrected chi connectivity index (χ4v) is 4.26. The number of carbonyl (C=O) groups is 1. The number of halogens is 2. The van der Waals surface area contributed by atoms with Gasteiger partial charge in [-0.1, -0.05) is 29.8 Å². The normalized spacial score (nSPS) is 10.7. The molecule has 0 saturated carbocycles. The number of hydrogen-bond acceptors (Lipinski definition) is 4. The molecule has 1 amide bonds. The third-order valence-corrected chi connectivity index (χ3v) is 5.88. The van der Waals surface area contributed by atoms with Crippen LogP contribution in [0.4, 0.5) is 4.39 Å². The van der Waals surface area contributed by atoms with Crippen LogP contribution >= 0.6 is 34.7 Å². The smallest absolute Gasteiger partial charge is 0.255 e. The second-order valence-corrected chi connectivity index (χ2v) is 7.77. The summed E-state index contributed by atoms with van der Waals surface area (Å²) in [6.45, 7) is 0.107. The molecule has 0 bridgehead atoms. The number of rotatable bonds is 6. The Morgan fingerprint density at radius 1 is 1.27 bits per heavy atom. The second kappa shape index (κ2) is 8.66. The van der Waals surface area contributed by atoms with Crippen LogP contribution in [-0.2, 0) is 12.3 Å². The largest absolute Gasteiger partial charge is 0.337 e. The van der Waals surface area contributed by atoms with Crippen LogP contribution in [0.2, 0.25) is 5.02 Å². The lowest BCUT2D eigenvalue weighted by Gasteiger charge is -2.20. The highest BCUT2D eigenvalue weighted by Crippen LogP contribution is 2.28. The zero-order valence-corrected chi connectivity index (χ0v) is 16.4. The number of nitrogens with zero attached hydrogens (tertiary/aromatic N) is 2. The van der Waals surface area contributed by atoms with Gasteiger partial charge in [0, 0.05) is 40.2 Å². The number of carbonyl (C=O) groups excluding carboxylic acids is 1. The van der Waals surface area contributed by atoms with E-state index in [4.69, 9.17) is 11.6 Å². The van der Waals surface area contributed by atoms with Crippen molar-refractivity contribution in [3.63, 3.8) is 0 Å². The Morgan fingerprint density at radius 2 is 2.08 bits per heavy atom. The summed E-state index contributed by atoms with van der Waals surface area (Å²) in [5.41, 5.74) is 3.67. The van der Waals surface area contributed by atoms with Crippen LogP contribution in [-0.4, -0.2) is 22.8 Å². The van der Waals surface area contributed by atoms with E-state index < -0.39 is 5.82 Å². The van der Waals surface area contributed by atoms with Gasteiger partial charge in [0.15, 0.2) is 0 Å². The first-order chi connectivity index (χ1) is 12.6. The van der Waals surface area contributed by atoms with Crippen molar-refractivity contribution in [2.75, 3.05) is 7.05 Å². The van der Waals surface area contributed by atoms with Crippen molar-refractivity contribution in [3.05, 3.63) is 81.0 Å². The van der Waals surface area contributed by atoms with Crippen LogP contribution in [0, 0.1) is 5.82 Å². The molecule has 3 nitrogen and oxygen atoms in total. The molecule has 0 unspecified atom stereocenters. The average Bonchev–Trinajstić information content (AvgIpc) is 3.16. The predicted molar refractivity (Wildman–Crippen MR) is 105 cm³/mol.